The van der Waals surface area contributed by atoms with Crippen molar-refractivity contribution in [1.29, 1.82) is 0 Å². The molecule has 0 unspecified atom stereocenters. The predicted octanol–water partition coefficient (Wildman–Crippen LogP) is 4.10. The number of methoxy groups -OCH3 is 1. The van der Waals surface area contributed by atoms with Gasteiger partial charge in [0.25, 0.3) is 0 Å². The second-order valence-corrected chi connectivity index (χ2v) is 7.48. The van der Waals surface area contributed by atoms with Crippen LogP contribution in [0.1, 0.15) is 15.9 Å². The maximum atomic E-state index is 13.5. The van der Waals surface area contributed by atoms with Crippen LogP contribution in [0.3, 0.4) is 0 Å². The van der Waals surface area contributed by atoms with Crippen LogP contribution in [0.25, 0.3) is 21.9 Å². The van der Waals surface area contributed by atoms with E-state index in [2.05, 4.69) is 15.3 Å². The van der Waals surface area contributed by atoms with Gasteiger partial charge in [-0.2, -0.15) is 0 Å². The molecule has 0 aliphatic heterocycles. The lowest BCUT2D eigenvalue weighted by molar-refractivity contribution is 0.0585. The molecule has 8 heteroatoms. The molecule has 5 rings (SSSR count). The van der Waals surface area contributed by atoms with Crippen LogP contribution in [0.15, 0.2) is 90.0 Å². The molecule has 0 aliphatic carbocycles. The van der Waals surface area contributed by atoms with Crippen molar-refractivity contribution in [2.45, 2.75) is 6.61 Å². The summed E-state index contributed by atoms with van der Waals surface area (Å²) in [7, 11) is 1.22. The Morgan fingerprint density at radius 1 is 0.941 bits per heavy atom. The van der Waals surface area contributed by atoms with E-state index < -0.39 is 11.5 Å². The van der Waals surface area contributed by atoms with E-state index in [1.54, 1.807) is 0 Å². The first-order chi connectivity index (χ1) is 16.7. The average molecular weight is 452 g/mol. The summed E-state index contributed by atoms with van der Waals surface area (Å²) >= 11 is 0. The molecule has 0 bridgehead atoms. The summed E-state index contributed by atoms with van der Waals surface area (Å²) in [5.41, 5.74) is 1.31. The first kappa shape index (κ1) is 21.1. The van der Waals surface area contributed by atoms with E-state index in [1.165, 1.54) is 19.5 Å². The maximum Gasteiger partial charge on any atom is 0.345 e. The lowest BCUT2D eigenvalue weighted by Crippen LogP contribution is -2.33. The van der Waals surface area contributed by atoms with Crippen molar-refractivity contribution in [2.24, 2.45) is 0 Å². The SMILES string of the molecule is COC(=O)c1c(Nc2cccc3ccccc23)c2nccnc2n(OCc2ccccc2)c1=O. The minimum absolute atomic E-state index is 0.100. The third-order valence-electron chi connectivity index (χ3n) is 5.40. The van der Waals surface area contributed by atoms with Crippen LogP contribution in [0.4, 0.5) is 11.4 Å². The maximum absolute atomic E-state index is 13.5. The van der Waals surface area contributed by atoms with Crippen molar-refractivity contribution in [3.05, 3.63) is 107 Å². The largest absolute Gasteiger partial charge is 0.465 e. The number of nitrogens with zero attached hydrogens (tertiary/aromatic N) is 3. The molecule has 0 fully saturated rings. The molecular formula is C26H20N4O4. The van der Waals surface area contributed by atoms with Crippen LogP contribution < -0.4 is 15.7 Å². The quantitative estimate of drug-likeness (QED) is 0.388. The van der Waals surface area contributed by atoms with Gasteiger partial charge in [0.1, 0.15) is 12.1 Å². The fourth-order valence-corrected chi connectivity index (χ4v) is 3.79. The Balaban J connectivity index is 1.70. The number of esters is 1. The molecule has 0 aliphatic rings. The molecule has 2 heterocycles. The number of nitrogens with one attached hydrogen (secondary N) is 1. The lowest BCUT2D eigenvalue weighted by Gasteiger charge is -2.17. The molecule has 0 saturated heterocycles. The van der Waals surface area contributed by atoms with Crippen molar-refractivity contribution >= 4 is 39.3 Å². The van der Waals surface area contributed by atoms with E-state index in [9.17, 15) is 9.59 Å². The summed E-state index contributed by atoms with van der Waals surface area (Å²) in [6.45, 7) is 0.100. The highest BCUT2D eigenvalue weighted by molar-refractivity contribution is 6.06. The Labute approximate surface area is 194 Å². The summed E-state index contributed by atoms with van der Waals surface area (Å²) in [6.07, 6.45) is 2.95. The van der Waals surface area contributed by atoms with E-state index in [0.717, 1.165) is 21.1 Å². The second kappa shape index (κ2) is 9.03. The number of fused-ring (bicyclic) bond motifs is 2. The Morgan fingerprint density at radius 3 is 2.50 bits per heavy atom. The molecule has 0 spiro atoms. The number of benzene rings is 3. The molecule has 5 aromatic rings. The highest BCUT2D eigenvalue weighted by Crippen LogP contribution is 2.30. The molecule has 8 nitrogen and oxygen atoms in total. The molecule has 0 amide bonds. The summed E-state index contributed by atoms with van der Waals surface area (Å²) < 4.78 is 5.95. The number of ether oxygens (including phenoxy) is 1. The van der Waals surface area contributed by atoms with Gasteiger partial charge < -0.3 is 14.9 Å². The van der Waals surface area contributed by atoms with Gasteiger partial charge >= 0.3 is 11.5 Å². The number of carbonyl (C=O) groups is 1. The summed E-state index contributed by atoms with van der Waals surface area (Å²) in [5.74, 6) is -0.808. The highest BCUT2D eigenvalue weighted by Gasteiger charge is 2.26. The van der Waals surface area contributed by atoms with E-state index >= 15 is 0 Å². The highest BCUT2D eigenvalue weighted by atomic mass is 16.7. The summed E-state index contributed by atoms with van der Waals surface area (Å²) in [4.78, 5) is 40.9. The van der Waals surface area contributed by atoms with Gasteiger partial charge in [0.2, 0.25) is 5.65 Å². The zero-order chi connectivity index (χ0) is 23.5. The van der Waals surface area contributed by atoms with Crippen molar-refractivity contribution in [2.75, 3.05) is 12.4 Å². The standard InChI is InChI=1S/C26H20N4O4/c1-33-26(32)21-22(29-20-13-7-11-18-10-5-6-12-19(18)20)23-24(28-15-14-27-23)30(25(21)31)34-16-17-8-3-2-4-9-17/h2-15,29H,16H2,1H3. The van der Waals surface area contributed by atoms with E-state index in [1.807, 2.05) is 72.8 Å². The van der Waals surface area contributed by atoms with Crippen LogP contribution in [0.5, 0.6) is 0 Å². The number of pyridine rings is 1. The molecule has 34 heavy (non-hydrogen) atoms. The predicted molar refractivity (Wildman–Crippen MR) is 129 cm³/mol. The number of hydrogen-bond donors (Lipinski definition) is 1. The minimum atomic E-state index is -0.808. The average Bonchev–Trinajstić information content (AvgIpc) is 2.89. The normalized spacial score (nSPS) is 10.9. The molecule has 0 atom stereocenters. The van der Waals surface area contributed by atoms with E-state index in [4.69, 9.17) is 9.57 Å². The molecule has 0 radical (unpaired) electrons. The topological polar surface area (TPSA) is 95.3 Å². The molecule has 1 N–H and O–H groups in total. The molecule has 2 aromatic heterocycles. The third kappa shape index (κ3) is 3.81. The lowest BCUT2D eigenvalue weighted by atomic mass is 10.1. The van der Waals surface area contributed by atoms with Crippen LogP contribution in [0, 0.1) is 0 Å². The van der Waals surface area contributed by atoms with Crippen LogP contribution in [0.2, 0.25) is 0 Å². The fourth-order valence-electron chi connectivity index (χ4n) is 3.79. The Morgan fingerprint density at radius 2 is 1.68 bits per heavy atom. The van der Waals surface area contributed by atoms with Gasteiger partial charge in [0.15, 0.2) is 5.56 Å². The van der Waals surface area contributed by atoms with Gasteiger partial charge in [0.05, 0.1) is 12.8 Å². The van der Waals surface area contributed by atoms with Gasteiger partial charge in [-0.1, -0.05) is 66.7 Å². The van der Waals surface area contributed by atoms with E-state index in [-0.39, 0.29) is 23.5 Å². The van der Waals surface area contributed by atoms with Crippen molar-refractivity contribution in [3.63, 3.8) is 0 Å². The molecular weight excluding hydrogens is 432 g/mol. The first-order valence-electron chi connectivity index (χ1n) is 10.6. The molecule has 0 saturated carbocycles. The Bertz CT molecular complexity index is 1560. The van der Waals surface area contributed by atoms with Crippen LogP contribution in [-0.2, 0) is 11.3 Å². The Hall–Kier alpha value is -4.72. The Kier molecular flexibility index (Phi) is 5.61. The minimum Gasteiger partial charge on any atom is -0.465 e. The number of carbonyl (C=O) groups excluding carboxylic acids is 1. The van der Waals surface area contributed by atoms with Crippen LogP contribution in [-0.4, -0.2) is 27.8 Å². The zero-order valence-corrected chi connectivity index (χ0v) is 18.3. The third-order valence-corrected chi connectivity index (χ3v) is 5.40. The monoisotopic (exact) mass is 452 g/mol. The molecule has 3 aromatic carbocycles. The zero-order valence-electron chi connectivity index (χ0n) is 18.3. The van der Waals surface area contributed by atoms with Gasteiger partial charge in [-0.15, -0.1) is 4.73 Å². The van der Waals surface area contributed by atoms with Gasteiger partial charge in [-0.3, -0.25) is 4.79 Å². The smallest absolute Gasteiger partial charge is 0.345 e. The van der Waals surface area contributed by atoms with Gasteiger partial charge in [-0.05, 0) is 17.0 Å². The summed E-state index contributed by atoms with van der Waals surface area (Å²) in [5, 5.41) is 5.16. The van der Waals surface area contributed by atoms with Crippen molar-refractivity contribution in [3.8, 4) is 0 Å². The first-order valence-corrected chi connectivity index (χ1v) is 10.6. The van der Waals surface area contributed by atoms with Crippen LogP contribution >= 0.6 is 0 Å². The number of anilines is 2. The fraction of sp³-hybridized carbons (Fsp3) is 0.0769. The number of rotatable bonds is 6. The summed E-state index contributed by atoms with van der Waals surface area (Å²) in [6, 6.07) is 22.9. The van der Waals surface area contributed by atoms with Gasteiger partial charge in [-0.25, -0.2) is 14.8 Å². The second-order valence-electron chi connectivity index (χ2n) is 7.48. The van der Waals surface area contributed by atoms with Crippen molar-refractivity contribution in [1.82, 2.24) is 14.7 Å². The van der Waals surface area contributed by atoms with Crippen molar-refractivity contribution < 1.29 is 14.4 Å². The number of aromatic nitrogens is 3. The van der Waals surface area contributed by atoms with Gasteiger partial charge in [0, 0.05) is 23.5 Å². The molecule has 168 valence electrons. The van der Waals surface area contributed by atoms with E-state index in [0.29, 0.717) is 11.2 Å². The number of hydrogen-bond acceptors (Lipinski definition) is 7.